The van der Waals surface area contributed by atoms with Crippen molar-refractivity contribution in [1.82, 2.24) is 14.8 Å². The summed E-state index contributed by atoms with van der Waals surface area (Å²) in [7, 11) is 1.91. The average molecular weight is 255 g/mol. The second kappa shape index (κ2) is 4.38. The summed E-state index contributed by atoms with van der Waals surface area (Å²) in [5, 5.41) is 5.16. The molecule has 2 aromatic heterocycles. The summed E-state index contributed by atoms with van der Waals surface area (Å²) in [6.07, 6.45) is 7.90. The summed E-state index contributed by atoms with van der Waals surface area (Å²) in [4.78, 5) is 4.60. The molecule has 0 aliphatic carbocycles. The highest BCUT2D eigenvalue weighted by atomic mass is 32.1. The summed E-state index contributed by atoms with van der Waals surface area (Å²) in [6.45, 7) is 2.09. The molecule has 1 aromatic carbocycles. The van der Waals surface area contributed by atoms with E-state index >= 15 is 0 Å². The first-order valence-electron chi connectivity index (χ1n) is 5.75. The molecule has 0 unspecified atom stereocenters. The molecule has 0 aliphatic heterocycles. The Kier molecular flexibility index (Phi) is 2.72. The van der Waals surface area contributed by atoms with E-state index in [4.69, 9.17) is 0 Å². The van der Waals surface area contributed by atoms with Gasteiger partial charge in [0.2, 0.25) is 0 Å². The van der Waals surface area contributed by atoms with Crippen LogP contribution in [0.2, 0.25) is 0 Å². The van der Waals surface area contributed by atoms with Gasteiger partial charge in [-0.15, -0.1) is 11.3 Å². The van der Waals surface area contributed by atoms with Gasteiger partial charge in [-0.25, -0.2) is 4.98 Å². The molecule has 0 saturated heterocycles. The predicted octanol–water partition coefficient (Wildman–Crippen LogP) is 3.51. The number of fused-ring (bicyclic) bond motifs is 1. The van der Waals surface area contributed by atoms with Crippen molar-refractivity contribution in [2.45, 2.75) is 6.92 Å². The summed E-state index contributed by atoms with van der Waals surface area (Å²) in [6, 6.07) is 6.37. The number of hydrogen-bond acceptors (Lipinski definition) is 3. The van der Waals surface area contributed by atoms with Crippen LogP contribution in [0.5, 0.6) is 0 Å². The third-order valence-electron chi connectivity index (χ3n) is 2.70. The minimum absolute atomic E-state index is 1.03. The van der Waals surface area contributed by atoms with Crippen molar-refractivity contribution in [3.63, 3.8) is 0 Å². The van der Waals surface area contributed by atoms with Gasteiger partial charge in [0.05, 0.1) is 16.4 Å². The van der Waals surface area contributed by atoms with E-state index in [1.54, 1.807) is 16.0 Å². The monoisotopic (exact) mass is 255 g/mol. The summed E-state index contributed by atoms with van der Waals surface area (Å²) >= 11 is 1.71. The van der Waals surface area contributed by atoms with Gasteiger partial charge < -0.3 is 0 Å². The molecule has 0 amide bonds. The van der Waals surface area contributed by atoms with Crippen molar-refractivity contribution in [2.24, 2.45) is 7.05 Å². The molecular formula is C14H13N3S. The number of thiazole rings is 1. The van der Waals surface area contributed by atoms with Gasteiger partial charge >= 0.3 is 0 Å². The van der Waals surface area contributed by atoms with Crippen LogP contribution in [-0.2, 0) is 7.05 Å². The van der Waals surface area contributed by atoms with Gasteiger partial charge in [-0.3, -0.25) is 4.68 Å². The summed E-state index contributed by atoms with van der Waals surface area (Å²) in [5.41, 5.74) is 3.41. The first-order chi connectivity index (χ1) is 8.70. The molecule has 0 radical (unpaired) electrons. The standard InChI is InChI=1S/C14H13N3S/c1-10-3-5-13-12(7-10)16-14(18-13)6-4-11-8-15-17(2)9-11/h3-9H,1-2H3. The molecule has 90 valence electrons. The number of aromatic nitrogens is 3. The Morgan fingerprint density at radius 2 is 2.17 bits per heavy atom. The Labute approximate surface area is 109 Å². The van der Waals surface area contributed by atoms with Crippen molar-refractivity contribution in [1.29, 1.82) is 0 Å². The van der Waals surface area contributed by atoms with E-state index in [0.29, 0.717) is 0 Å². The van der Waals surface area contributed by atoms with E-state index in [1.807, 2.05) is 31.6 Å². The van der Waals surface area contributed by atoms with Crippen LogP contribution in [0, 0.1) is 6.92 Å². The third-order valence-corrected chi connectivity index (χ3v) is 3.70. The molecule has 3 aromatic rings. The molecule has 0 bridgehead atoms. The maximum Gasteiger partial charge on any atom is 0.117 e. The molecular weight excluding hydrogens is 242 g/mol. The lowest BCUT2D eigenvalue weighted by Crippen LogP contribution is -1.83. The number of nitrogens with zero attached hydrogens (tertiary/aromatic N) is 3. The molecule has 18 heavy (non-hydrogen) atoms. The maximum absolute atomic E-state index is 4.60. The molecule has 0 spiro atoms. The van der Waals surface area contributed by atoms with Crippen LogP contribution in [0.15, 0.2) is 30.6 Å². The first kappa shape index (κ1) is 11.2. The number of rotatable bonds is 2. The molecule has 0 atom stereocenters. The molecule has 2 heterocycles. The summed E-state index contributed by atoms with van der Waals surface area (Å²) < 4.78 is 3.02. The SMILES string of the molecule is Cc1ccc2sc(C=Cc3cnn(C)c3)nc2c1. The van der Waals surface area contributed by atoms with Crippen LogP contribution in [0.25, 0.3) is 22.4 Å². The second-order valence-corrected chi connectivity index (χ2v) is 5.37. The van der Waals surface area contributed by atoms with E-state index in [9.17, 15) is 0 Å². The van der Waals surface area contributed by atoms with Crippen LogP contribution in [0.4, 0.5) is 0 Å². The van der Waals surface area contributed by atoms with Crippen LogP contribution >= 0.6 is 11.3 Å². The van der Waals surface area contributed by atoms with Gasteiger partial charge in [0.1, 0.15) is 5.01 Å². The molecule has 0 N–H and O–H groups in total. The molecule has 4 heteroatoms. The lowest BCUT2D eigenvalue weighted by atomic mass is 10.2. The number of hydrogen-bond donors (Lipinski definition) is 0. The Morgan fingerprint density at radius 3 is 2.94 bits per heavy atom. The highest BCUT2D eigenvalue weighted by molar-refractivity contribution is 7.19. The van der Waals surface area contributed by atoms with E-state index in [-0.39, 0.29) is 0 Å². The van der Waals surface area contributed by atoms with Gasteiger partial charge in [0, 0.05) is 18.8 Å². The first-order valence-corrected chi connectivity index (χ1v) is 6.56. The van der Waals surface area contributed by atoms with E-state index in [2.05, 4.69) is 35.2 Å². The Hall–Kier alpha value is -1.94. The van der Waals surface area contributed by atoms with Gasteiger partial charge in [-0.1, -0.05) is 6.07 Å². The highest BCUT2D eigenvalue weighted by Gasteiger charge is 2.01. The van der Waals surface area contributed by atoms with E-state index in [1.165, 1.54) is 10.3 Å². The van der Waals surface area contributed by atoms with Crippen LogP contribution in [0.1, 0.15) is 16.1 Å². The van der Waals surface area contributed by atoms with Gasteiger partial charge in [0.15, 0.2) is 0 Å². The Morgan fingerprint density at radius 1 is 1.28 bits per heavy atom. The number of aryl methyl sites for hydroxylation is 2. The highest BCUT2D eigenvalue weighted by Crippen LogP contribution is 2.24. The molecule has 0 aliphatic rings. The fourth-order valence-corrected chi connectivity index (χ4v) is 2.67. The van der Waals surface area contributed by atoms with Crippen molar-refractivity contribution in [3.8, 4) is 0 Å². The zero-order chi connectivity index (χ0) is 12.5. The molecule has 3 rings (SSSR count). The van der Waals surface area contributed by atoms with Crippen molar-refractivity contribution in [2.75, 3.05) is 0 Å². The fourth-order valence-electron chi connectivity index (χ4n) is 1.82. The second-order valence-electron chi connectivity index (χ2n) is 4.30. The normalized spacial score (nSPS) is 11.7. The maximum atomic E-state index is 4.60. The zero-order valence-electron chi connectivity index (χ0n) is 10.3. The molecule has 3 nitrogen and oxygen atoms in total. The lowest BCUT2D eigenvalue weighted by molar-refractivity contribution is 0.767. The molecule has 0 saturated carbocycles. The quantitative estimate of drug-likeness (QED) is 0.701. The Balaban J connectivity index is 1.93. The van der Waals surface area contributed by atoms with Gasteiger partial charge in [-0.2, -0.15) is 5.10 Å². The van der Waals surface area contributed by atoms with Crippen LogP contribution in [-0.4, -0.2) is 14.8 Å². The van der Waals surface area contributed by atoms with Crippen molar-refractivity contribution >= 4 is 33.7 Å². The van der Waals surface area contributed by atoms with E-state index in [0.717, 1.165) is 16.1 Å². The van der Waals surface area contributed by atoms with Crippen molar-refractivity contribution < 1.29 is 0 Å². The van der Waals surface area contributed by atoms with Gasteiger partial charge in [-0.05, 0) is 36.8 Å². The lowest BCUT2D eigenvalue weighted by Gasteiger charge is -1.88. The van der Waals surface area contributed by atoms with Crippen molar-refractivity contribution in [3.05, 3.63) is 46.7 Å². The summed E-state index contributed by atoms with van der Waals surface area (Å²) in [5.74, 6) is 0. The minimum atomic E-state index is 1.03. The van der Waals surface area contributed by atoms with Gasteiger partial charge in [0.25, 0.3) is 0 Å². The predicted molar refractivity (Wildman–Crippen MR) is 76.5 cm³/mol. The fraction of sp³-hybridized carbons (Fsp3) is 0.143. The number of benzene rings is 1. The van der Waals surface area contributed by atoms with Crippen LogP contribution < -0.4 is 0 Å². The zero-order valence-corrected chi connectivity index (χ0v) is 11.1. The van der Waals surface area contributed by atoms with Crippen LogP contribution in [0.3, 0.4) is 0 Å². The topological polar surface area (TPSA) is 30.7 Å². The Bertz CT molecular complexity index is 722. The third kappa shape index (κ3) is 2.19. The van der Waals surface area contributed by atoms with E-state index < -0.39 is 0 Å². The smallest absolute Gasteiger partial charge is 0.117 e. The largest absolute Gasteiger partial charge is 0.275 e. The molecule has 0 fully saturated rings. The minimum Gasteiger partial charge on any atom is -0.275 e. The average Bonchev–Trinajstić information content (AvgIpc) is 2.92.